The normalized spacial score (nSPS) is 11.4. The van der Waals surface area contributed by atoms with Gasteiger partial charge in [0.05, 0.1) is 0 Å². The Morgan fingerprint density at radius 2 is 1.67 bits per heavy atom. The summed E-state index contributed by atoms with van der Waals surface area (Å²) < 4.78 is 23.6. The third-order valence-corrected chi connectivity index (χ3v) is 3.74. The smallest absolute Gasteiger partial charge is 0.405 e. The largest absolute Gasteiger partial charge is 0.489 e. The van der Waals surface area contributed by atoms with E-state index in [4.69, 9.17) is 16.2 Å². The summed E-state index contributed by atoms with van der Waals surface area (Å²) in [7, 11) is 0. The second kappa shape index (κ2) is 9.33. The third-order valence-electron chi connectivity index (χ3n) is 3.74. The summed E-state index contributed by atoms with van der Waals surface area (Å²) in [6.45, 7) is 0.0602. The van der Waals surface area contributed by atoms with Crippen molar-refractivity contribution in [2.24, 2.45) is 11.5 Å². The summed E-state index contributed by atoms with van der Waals surface area (Å²) >= 11 is 0. The second-order valence-electron chi connectivity index (χ2n) is 5.69. The van der Waals surface area contributed by atoms with E-state index in [1.54, 1.807) is 42.5 Å². The van der Waals surface area contributed by atoms with Crippen molar-refractivity contribution in [3.8, 4) is 5.75 Å². The van der Waals surface area contributed by atoms with Gasteiger partial charge in [0.1, 0.15) is 18.2 Å². The van der Waals surface area contributed by atoms with Crippen molar-refractivity contribution in [1.82, 2.24) is 0 Å². The van der Waals surface area contributed by atoms with Gasteiger partial charge in [-0.3, -0.25) is 9.59 Å². The minimum absolute atomic E-state index is 0.0592. The van der Waals surface area contributed by atoms with E-state index in [9.17, 15) is 18.8 Å². The Hall–Kier alpha value is -3.42. The van der Waals surface area contributed by atoms with Gasteiger partial charge in [0.15, 0.2) is 11.9 Å². The van der Waals surface area contributed by atoms with Gasteiger partial charge in [-0.25, -0.2) is 9.18 Å². The van der Waals surface area contributed by atoms with Gasteiger partial charge < -0.3 is 20.9 Å². The van der Waals surface area contributed by atoms with Crippen LogP contribution in [0.4, 0.5) is 9.18 Å². The molecule has 0 aromatic heterocycles. The Morgan fingerprint density at radius 1 is 1.00 bits per heavy atom. The molecule has 8 heteroatoms. The van der Waals surface area contributed by atoms with E-state index in [-0.39, 0.29) is 31.0 Å². The highest BCUT2D eigenvalue weighted by atomic mass is 19.1. The van der Waals surface area contributed by atoms with Crippen molar-refractivity contribution in [2.75, 3.05) is 0 Å². The molecule has 0 bridgehead atoms. The van der Waals surface area contributed by atoms with Crippen molar-refractivity contribution in [3.63, 3.8) is 0 Å². The van der Waals surface area contributed by atoms with Crippen molar-refractivity contribution in [1.29, 1.82) is 0 Å². The molecule has 0 aliphatic heterocycles. The molecule has 0 aliphatic rings. The number of primary amides is 2. The van der Waals surface area contributed by atoms with E-state index >= 15 is 0 Å². The van der Waals surface area contributed by atoms with E-state index < -0.39 is 18.1 Å². The number of hydrogen-bond donors (Lipinski definition) is 2. The monoisotopic (exact) mass is 374 g/mol. The highest BCUT2D eigenvalue weighted by Gasteiger charge is 2.20. The molecule has 27 heavy (non-hydrogen) atoms. The maximum Gasteiger partial charge on any atom is 0.405 e. The molecule has 0 saturated carbocycles. The van der Waals surface area contributed by atoms with Crippen LogP contribution in [0.5, 0.6) is 5.75 Å². The first-order chi connectivity index (χ1) is 12.9. The molecule has 1 atom stereocenters. The summed E-state index contributed by atoms with van der Waals surface area (Å²) in [5.41, 5.74) is 10.8. The number of amides is 2. The lowest BCUT2D eigenvalue weighted by atomic mass is 10.0. The molecule has 4 N–H and O–H groups in total. The number of rotatable bonds is 9. The van der Waals surface area contributed by atoms with Gasteiger partial charge in [0, 0.05) is 24.0 Å². The fourth-order valence-electron chi connectivity index (χ4n) is 2.32. The molecule has 2 aromatic rings. The summed E-state index contributed by atoms with van der Waals surface area (Å²) in [6, 6.07) is 12.5. The van der Waals surface area contributed by atoms with Crippen LogP contribution < -0.4 is 16.2 Å². The average molecular weight is 374 g/mol. The summed E-state index contributed by atoms with van der Waals surface area (Å²) in [5, 5.41) is 0. The van der Waals surface area contributed by atoms with Gasteiger partial charge in [-0.05, 0) is 30.3 Å². The van der Waals surface area contributed by atoms with E-state index in [1.807, 2.05) is 0 Å². The first-order valence-electron chi connectivity index (χ1n) is 8.11. The first-order valence-corrected chi connectivity index (χ1v) is 8.11. The lowest BCUT2D eigenvalue weighted by Crippen LogP contribution is -2.35. The van der Waals surface area contributed by atoms with Gasteiger partial charge in [0.2, 0.25) is 0 Å². The molecule has 0 fully saturated rings. The number of hydrogen-bond acceptors (Lipinski definition) is 5. The van der Waals surface area contributed by atoms with Gasteiger partial charge in [-0.15, -0.1) is 0 Å². The molecule has 2 amide bonds. The molecule has 0 heterocycles. The zero-order valence-corrected chi connectivity index (χ0v) is 14.4. The van der Waals surface area contributed by atoms with Crippen LogP contribution in [0.15, 0.2) is 48.5 Å². The fraction of sp³-hybridized carbons (Fsp3) is 0.211. The molecule has 1 unspecified atom stereocenters. The van der Waals surface area contributed by atoms with Crippen LogP contribution in [0.2, 0.25) is 0 Å². The molecule has 0 saturated heterocycles. The highest BCUT2D eigenvalue weighted by Crippen LogP contribution is 2.17. The number of halogens is 1. The molecular formula is C19H19FN2O5. The van der Waals surface area contributed by atoms with Crippen LogP contribution >= 0.6 is 0 Å². The summed E-state index contributed by atoms with van der Waals surface area (Å²) in [5.74, 6) is -1.03. The quantitative estimate of drug-likeness (QED) is 0.652. The topological polar surface area (TPSA) is 122 Å². The minimum Gasteiger partial charge on any atom is -0.489 e. The Morgan fingerprint density at radius 3 is 2.26 bits per heavy atom. The van der Waals surface area contributed by atoms with Gasteiger partial charge in [-0.1, -0.05) is 18.2 Å². The van der Waals surface area contributed by atoms with E-state index in [0.29, 0.717) is 16.9 Å². The predicted octanol–water partition coefficient (Wildman–Crippen LogP) is 2.32. The zero-order valence-electron chi connectivity index (χ0n) is 14.4. The zero-order chi connectivity index (χ0) is 19.8. The highest BCUT2D eigenvalue weighted by molar-refractivity contribution is 5.96. The van der Waals surface area contributed by atoms with Crippen molar-refractivity contribution >= 4 is 17.8 Å². The molecule has 0 radical (unpaired) electrons. The number of nitrogens with two attached hydrogens (primary N) is 2. The number of ketones is 1. The van der Waals surface area contributed by atoms with Crippen molar-refractivity contribution in [3.05, 3.63) is 65.5 Å². The van der Waals surface area contributed by atoms with Gasteiger partial charge >= 0.3 is 6.09 Å². The van der Waals surface area contributed by atoms with Crippen molar-refractivity contribution < 1.29 is 28.2 Å². The Kier molecular flexibility index (Phi) is 6.87. The third kappa shape index (κ3) is 6.10. The van der Waals surface area contributed by atoms with Crippen LogP contribution in [0.1, 0.15) is 28.8 Å². The number of Topliss-reactive ketones (excluding diaryl/α,β-unsaturated/α-hetero) is 1. The molecule has 0 spiro atoms. The van der Waals surface area contributed by atoms with Crippen molar-refractivity contribution in [2.45, 2.75) is 25.6 Å². The number of benzene rings is 2. The number of carbonyl (C=O) groups is 3. The van der Waals surface area contributed by atoms with E-state index in [0.717, 1.165) is 0 Å². The van der Waals surface area contributed by atoms with Crippen LogP contribution in [0.3, 0.4) is 0 Å². The standard InChI is InChI=1S/C19H19FN2O5/c20-15-4-2-1-3-13(15)11-26-14-7-5-12(6-8-14)16(23)9-10-17(18(21)24)27-19(22)25/h1-8,17H,9-11H2,(H2,21,24)(H2,22,25). The van der Waals surface area contributed by atoms with E-state index in [2.05, 4.69) is 4.74 Å². The Balaban J connectivity index is 1.90. The SMILES string of the molecule is NC(=O)OC(CCC(=O)c1ccc(OCc2ccccc2F)cc1)C(N)=O. The molecular weight excluding hydrogens is 355 g/mol. The van der Waals surface area contributed by atoms with Crippen LogP contribution in [-0.2, 0) is 16.1 Å². The van der Waals surface area contributed by atoms with Gasteiger partial charge in [0.25, 0.3) is 5.91 Å². The molecule has 142 valence electrons. The Bertz CT molecular complexity index is 823. The summed E-state index contributed by atoms with van der Waals surface area (Å²) in [6.07, 6.45) is -2.52. The maximum absolute atomic E-state index is 13.6. The maximum atomic E-state index is 13.6. The lowest BCUT2D eigenvalue weighted by Gasteiger charge is -2.12. The molecule has 2 rings (SSSR count). The predicted molar refractivity (Wildman–Crippen MR) is 94.4 cm³/mol. The van der Waals surface area contributed by atoms with Gasteiger partial charge in [-0.2, -0.15) is 0 Å². The van der Waals surface area contributed by atoms with Crippen LogP contribution in [0.25, 0.3) is 0 Å². The Labute approximate surface area is 155 Å². The first kappa shape index (κ1) is 19.9. The molecule has 7 nitrogen and oxygen atoms in total. The minimum atomic E-state index is -1.25. The summed E-state index contributed by atoms with van der Waals surface area (Å²) in [4.78, 5) is 34.1. The lowest BCUT2D eigenvalue weighted by molar-refractivity contribution is -0.126. The molecule has 0 aliphatic carbocycles. The van der Waals surface area contributed by atoms with E-state index in [1.165, 1.54) is 6.07 Å². The fourth-order valence-corrected chi connectivity index (χ4v) is 2.32. The molecule has 2 aromatic carbocycles. The number of carbonyl (C=O) groups excluding carboxylic acids is 3. The van der Waals surface area contributed by atoms with Crippen LogP contribution in [-0.4, -0.2) is 23.9 Å². The number of ether oxygens (including phenoxy) is 2. The second-order valence-corrected chi connectivity index (χ2v) is 5.69. The average Bonchev–Trinajstić information content (AvgIpc) is 2.64. The van der Waals surface area contributed by atoms with Crippen LogP contribution in [0, 0.1) is 5.82 Å².